The van der Waals surface area contributed by atoms with E-state index in [9.17, 15) is 17.6 Å². The van der Waals surface area contributed by atoms with Crippen LogP contribution in [0, 0.1) is 5.82 Å². The van der Waals surface area contributed by atoms with E-state index in [4.69, 9.17) is 11.6 Å². The Hall–Kier alpha value is -2.03. The maximum atomic E-state index is 12.9. The molecule has 0 radical (unpaired) electrons. The first-order valence-electron chi connectivity index (χ1n) is 7.03. The number of anilines is 1. The Balaban J connectivity index is 2.13. The first kappa shape index (κ1) is 18.3. The second kappa shape index (κ2) is 7.69. The van der Waals surface area contributed by atoms with Crippen molar-refractivity contribution in [2.24, 2.45) is 0 Å². The van der Waals surface area contributed by atoms with Crippen LogP contribution in [0.15, 0.2) is 47.4 Å². The van der Waals surface area contributed by atoms with E-state index in [-0.39, 0.29) is 22.3 Å². The smallest absolute Gasteiger partial charge is 0.243 e. The van der Waals surface area contributed by atoms with Crippen LogP contribution in [0.1, 0.15) is 13.3 Å². The number of aromatic nitrogens is 1. The highest BCUT2D eigenvalue weighted by Crippen LogP contribution is 2.13. The van der Waals surface area contributed by atoms with Crippen LogP contribution in [-0.2, 0) is 14.8 Å². The number of hydrogen-bond donors (Lipinski definition) is 2. The van der Waals surface area contributed by atoms with Crippen LogP contribution in [0.5, 0.6) is 0 Å². The predicted molar refractivity (Wildman–Crippen MR) is 88.7 cm³/mol. The summed E-state index contributed by atoms with van der Waals surface area (Å²) in [5.41, 5.74) is 0. The molecule has 24 heavy (non-hydrogen) atoms. The molecule has 1 heterocycles. The summed E-state index contributed by atoms with van der Waals surface area (Å²) in [5.74, 6) is -0.907. The highest BCUT2D eigenvalue weighted by Gasteiger charge is 2.24. The lowest BCUT2D eigenvalue weighted by molar-refractivity contribution is -0.117. The molecule has 0 aliphatic heterocycles. The molecular formula is C15H15ClFN3O3S. The molecular weight excluding hydrogens is 357 g/mol. The molecule has 1 unspecified atom stereocenters. The van der Waals surface area contributed by atoms with Crippen molar-refractivity contribution in [3.63, 3.8) is 0 Å². The molecule has 1 atom stereocenters. The number of carbonyl (C=O) groups is 1. The summed E-state index contributed by atoms with van der Waals surface area (Å²) in [7, 11) is -3.96. The molecule has 2 rings (SSSR count). The lowest BCUT2D eigenvalue weighted by Crippen LogP contribution is -2.43. The quantitative estimate of drug-likeness (QED) is 0.764. The fourth-order valence-electron chi connectivity index (χ4n) is 1.88. The molecule has 1 aromatic carbocycles. The fourth-order valence-corrected chi connectivity index (χ4v) is 3.33. The average molecular weight is 372 g/mol. The minimum atomic E-state index is -3.96. The third-order valence-electron chi connectivity index (χ3n) is 3.11. The number of halogens is 2. The van der Waals surface area contributed by atoms with Crippen molar-refractivity contribution in [2.75, 3.05) is 5.32 Å². The Morgan fingerprint density at radius 1 is 1.25 bits per heavy atom. The normalized spacial score (nSPS) is 12.6. The first-order chi connectivity index (χ1) is 11.3. The van der Waals surface area contributed by atoms with Crippen LogP contribution in [0.2, 0.25) is 5.15 Å². The molecule has 0 saturated heterocycles. The number of nitrogens with zero attached hydrogens (tertiary/aromatic N) is 1. The third-order valence-corrected chi connectivity index (χ3v) is 4.81. The number of carbonyl (C=O) groups excluding carboxylic acids is 1. The average Bonchev–Trinajstić information content (AvgIpc) is 2.53. The maximum absolute atomic E-state index is 12.9. The lowest BCUT2D eigenvalue weighted by atomic mass is 10.2. The van der Waals surface area contributed by atoms with E-state index in [1.54, 1.807) is 19.1 Å². The predicted octanol–water partition coefficient (Wildman–Crippen LogP) is 2.57. The van der Waals surface area contributed by atoms with Gasteiger partial charge in [-0.2, -0.15) is 4.72 Å². The van der Waals surface area contributed by atoms with E-state index in [1.165, 1.54) is 6.07 Å². The second-order valence-corrected chi connectivity index (χ2v) is 6.97. The Bertz CT molecular complexity index is 828. The molecule has 9 heteroatoms. The topological polar surface area (TPSA) is 88.2 Å². The van der Waals surface area contributed by atoms with Gasteiger partial charge in [-0.05, 0) is 42.8 Å². The van der Waals surface area contributed by atoms with Gasteiger partial charge in [0.05, 0.1) is 4.90 Å². The zero-order chi connectivity index (χ0) is 17.7. The van der Waals surface area contributed by atoms with Gasteiger partial charge in [0.15, 0.2) is 0 Å². The molecule has 2 aromatic rings. The summed E-state index contributed by atoms with van der Waals surface area (Å²) in [5, 5.41) is 2.70. The van der Waals surface area contributed by atoms with E-state index in [1.807, 2.05) is 0 Å². The molecule has 0 saturated carbocycles. The molecule has 0 spiro atoms. The fraction of sp³-hybridized carbons (Fsp3) is 0.200. The van der Waals surface area contributed by atoms with E-state index in [2.05, 4.69) is 15.0 Å². The number of nitrogens with one attached hydrogen (secondary N) is 2. The minimum Gasteiger partial charge on any atom is -0.309 e. The van der Waals surface area contributed by atoms with E-state index < -0.39 is 27.8 Å². The van der Waals surface area contributed by atoms with Crippen molar-refractivity contribution in [2.45, 2.75) is 24.3 Å². The molecule has 0 fully saturated rings. The third kappa shape index (κ3) is 4.73. The number of benzene rings is 1. The summed E-state index contributed by atoms with van der Waals surface area (Å²) in [6.07, 6.45) is 0.215. The van der Waals surface area contributed by atoms with Crippen molar-refractivity contribution < 1.29 is 17.6 Å². The van der Waals surface area contributed by atoms with Crippen LogP contribution in [0.3, 0.4) is 0 Å². The highest BCUT2D eigenvalue weighted by atomic mass is 35.5. The molecule has 0 aliphatic carbocycles. The zero-order valence-electron chi connectivity index (χ0n) is 12.7. The van der Waals surface area contributed by atoms with Gasteiger partial charge < -0.3 is 5.32 Å². The number of sulfonamides is 1. The monoisotopic (exact) mass is 371 g/mol. The van der Waals surface area contributed by atoms with Crippen molar-refractivity contribution in [1.82, 2.24) is 9.71 Å². The highest BCUT2D eigenvalue weighted by molar-refractivity contribution is 7.89. The number of pyridine rings is 1. The van der Waals surface area contributed by atoms with E-state index in [0.29, 0.717) is 0 Å². The largest absolute Gasteiger partial charge is 0.309 e. The summed E-state index contributed by atoms with van der Waals surface area (Å²) in [6, 6.07) is 7.99. The van der Waals surface area contributed by atoms with Gasteiger partial charge in [0, 0.05) is 0 Å². The maximum Gasteiger partial charge on any atom is 0.243 e. The van der Waals surface area contributed by atoms with Gasteiger partial charge in [-0.3, -0.25) is 4.79 Å². The van der Waals surface area contributed by atoms with Gasteiger partial charge in [-0.15, -0.1) is 0 Å². The number of amides is 1. The van der Waals surface area contributed by atoms with Gasteiger partial charge in [-0.1, -0.05) is 24.6 Å². The van der Waals surface area contributed by atoms with E-state index >= 15 is 0 Å². The summed E-state index contributed by atoms with van der Waals surface area (Å²) < 4.78 is 39.7. The standard InChI is InChI=1S/C15H15ClFN3O3S/c1-2-12(15(21)19-14-5-3-4-13(16)18-14)20-24(22,23)11-8-6-10(17)7-9-11/h3-9,12,20H,2H2,1H3,(H,18,19,21). The van der Waals surface area contributed by atoms with Crippen molar-refractivity contribution in [1.29, 1.82) is 0 Å². The Labute approximate surface area is 144 Å². The van der Waals surface area contributed by atoms with Crippen LogP contribution in [-0.4, -0.2) is 25.4 Å². The summed E-state index contributed by atoms with van der Waals surface area (Å²) in [6.45, 7) is 1.66. The van der Waals surface area contributed by atoms with E-state index in [0.717, 1.165) is 24.3 Å². The Kier molecular flexibility index (Phi) is 5.87. The van der Waals surface area contributed by atoms with Gasteiger partial charge in [0.2, 0.25) is 15.9 Å². The molecule has 0 bridgehead atoms. The van der Waals surface area contributed by atoms with Crippen LogP contribution >= 0.6 is 11.6 Å². The SMILES string of the molecule is CCC(NS(=O)(=O)c1ccc(F)cc1)C(=O)Nc1cccc(Cl)n1. The van der Waals surface area contributed by atoms with Gasteiger partial charge in [0.1, 0.15) is 22.8 Å². The van der Waals surface area contributed by atoms with Crippen molar-refractivity contribution in [3.8, 4) is 0 Å². The molecule has 2 N–H and O–H groups in total. The summed E-state index contributed by atoms with van der Waals surface area (Å²) >= 11 is 5.74. The van der Waals surface area contributed by atoms with Gasteiger partial charge >= 0.3 is 0 Å². The molecule has 1 amide bonds. The molecule has 0 aliphatic rings. The Morgan fingerprint density at radius 2 is 1.92 bits per heavy atom. The van der Waals surface area contributed by atoms with Crippen LogP contribution in [0.25, 0.3) is 0 Å². The van der Waals surface area contributed by atoms with Crippen LogP contribution in [0.4, 0.5) is 10.2 Å². The zero-order valence-corrected chi connectivity index (χ0v) is 14.2. The summed E-state index contributed by atoms with van der Waals surface area (Å²) in [4.78, 5) is 16.0. The minimum absolute atomic E-state index is 0.129. The molecule has 6 nitrogen and oxygen atoms in total. The molecule has 128 valence electrons. The van der Waals surface area contributed by atoms with Crippen molar-refractivity contribution in [3.05, 3.63) is 53.4 Å². The molecule has 1 aromatic heterocycles. The van der Waals surface area contributed by atoms with Crippen LogP contribution < -0.4 is 10.0 Å². The number of rotatable bonds is 6. The second-order valence-electron chi connectivity index (χ2n) is 4.87. The van der Waals surface area contributed by atoms with Gasteiger partial charge in [-0.25, -0.2) is 17.8 Å². The Morgan fingerprint density at radius 3 is 2.50 bits per heavy atom. The number of hydrogen-bond acceptors (Lipinski definition) is 4. The lowest BCUT2D eigenvalue weighted by Gasteiger charge is -2.16. The first-order valence-corrected chi connectivity index (χ1v) is 8.89. The van der Waals surface area contributed by atoms with Gasteiger partial charge in [0.25, 0.3) is 0 Å². The van der Waals surface area contributed by atoms with Crippen molar-refractivity contribution >= 4 is 33.3 Å².